The fraction of sp³-hybridized carbons (Fsp3) is 0.417. The number of hydrogen-bond acceptors (Lipinski definition) is 5. The third-order valence-corrected chi connectivity index (χ3v) is 7.53. The van der Waals surface area contributed by atoms with Crippen LogP contribution >= 0.6 is 11.8 Å². The normalized spacial score (nSPS) is 23.0. The first-order chi connectivity index (χ1) is 14.3. The first-order valence-electron chi connectivity index (χ1n) is 10.5. The molecule has 2 atom stereocenters. The highest BCUT2D eigenvalue weighted by atomic mass is 32.2. The van der Waals surface area contributed by atoms with Gasteiger partial charge >= 0.3 is 0 Å². The van der Waals surface area contributed by atoms with Crippen LogP contribution in [0.1, 0.15) is 29.9 Å². The van der Waals surface area contributed by atoms with E-state index in [1.54, 1.807) is 13.2 Å². The van der Waals surface area contributed by atoms with E-state index in [1.165, 1.54) is 52.4 Å². The van der Waals surface area contributed by atoms with Crippen molar-refractivity contribution in [1.82, 2.24) is 5.32 Å². The summed E-state index contributed by atoms with van der Waals surface area (Å²) in [7, 11) is 1.69. The van der Waals surface area contributed by atoms with Gasteiger partial charge in [0.2, 0.25) is 0 Å². The van der Waals surface area contributed by atoms with Gasteiger partial charge in [-0.15, -0.1) is 11.8 Å². The fourth-order valence-corrected chi connectivity index (χ4v) is 6.20. The lowest BCUT2D eigenvalue weighted by Crippen LogP contribution is -2.44. The minimum absolute atomic E-state index is 0.0341. The van der Waals surface area contributed by atoms with Gasteiger partial charge in [-0.2, -0.15) is 0 Å². The lowest BCUT2D eigenvalue weighted by Gasteiger charge is -2.33. The van der Waals surface area contributed by atoms with Crippen LogP contribution in [-0.2, 0) is 0 Å². The van der Waals surface area contributed by atoms with Crippen LogP contribution in [0.5, 0.6) is 5.75 Å². The minimum atomic E-state index is 0.0341. The standard InChI is InChI=1S/C24H28N2O2S/c1-28-18-5-6-19(16(12-18)4-2-10-27)17-13-20-21-15-25-8-7-22(21)26-9-3-11-29-23(14-17)24(20)26/h2,4-6,12-14,21-22,25,27H,3,7-11,15H2,1H3/t21-,22-/m0/s1. The van der Waals surface area contributed by atoms with E-state index in [1.807, 2.05) is 23.9 Å². The lowest BCUT2D eigenvalue weighted by atomic mass is 9.88. The Kier molecular flexibility index (Phi) is 5.29. The number of nitrogens with zero attached hydrogens (tertiary/aromatic N) is 1. The molecule has 5 rings (SSSR count). The molecule has 5 heteroatoms. The topological polar surface area (TPSA) is 44.7 Å². The van der Waals surface area contributed by atoms with Gasteiger partial charge in [0.1, 0.15) is 5.75 Å². The number of thioether (sulfide) groups is 1. The van der Waals surface area contributed by atoms with Gasteiger partial charge in [-0.25, -0.2) is 0 Å². The first kappa shape index (κ1) is 19.0. The minimum Gasteiger partial charge on any atom is -0.497 e. The molecule has 29 heavy (non-hydrogen) atoms. The van der Waals surface area contributed by atoms with Gasteiger partial charge in [0.15, 0.2) is 0 Å². The van der Waals surface area contributed by atoms with Crippen molar-refractivity contribution in [1.29, 1.82) is 0 Å². The average Bonchev–Trinajstić information content (AvgIpc) is 2.92. The number of piperidine rings is 1. The van der Waals surface area contributed by atoms with Gasteiger partial charge in [0.25, 0.3) is 0 Å². The Morgan fingerprint density at radius 2 is 2.24 bits per heavy atom. The Morgan fingerprint density at radius 1 is 1.31 bits per heavy atom. The van der Waals surface area contributed by atoms with E-state index in [0.717, 1.165) is 24.4 Å². The SMILES string of the molecule is COc1ccc(-c2cc3c4c(c2)[C@@H]2CNCC[C@@H]2N4CCCS3)c(C=CCO)c1. The zero-order valence-electron chi connectivity index (χ0n) is 16.9. The Hall–Kier alpha value is -1.95. The molecule has 0 aliphatic carbocycles. The summed E-state index contributed by atoms with van der Waals surface area (Å²) in [6.45, 7) is 3.41. The quantitative estimate of drug-likeness (QED) is 0.797. The molecule has 0 unspecified atom stereocenters. The average molecular weight is 409 g/mol. The molecular formula is C24H28N2O2S. The number of benzene rings is 2. The molecule has 0 amide bonds. The number of rotatable bonds is 4. The van der Waals surface area contributed by atoms with Gasteiger partial charge in [0, 0.05) is 29.9 Å². The summed E-state index contributed by atoms with van der Waals surface area (Å²) in [5.41, 5.74) is 6.54. The van der Waals surface area contributed by atoms with Gasteiger partial charge in [-0.3, -0.25) is 0 Å². The van der Waals surface area contributed by atoms with Crippen LogP contribution in [0.4, 0.5) is 5.69 Å². The van der Waals surface area contributed by atoms with Crippen molar-refractivity contribution >= 4 is 23.5 Å². The van der Waals surface area contributed by atoms with E-state index >= 15 is 0 Å². The zero-order valence-corrected chi connectivity index (χ0v) is 17.7. The molecule has 2 aromatic rings. The third kappa shape index (κ3) is 3.35. The molecule has 3 heterocycles. The fourth-order valence-electron chi connectivity index (χ4n) is 5.13. The second kappa shape index (κ2) is 8.05. The maximum absolute atomic E-state index is 9.29. The number of aliphatic hydroxyl groups is 1. The van der Waals surface area contributed by atoms with E-state index in [0.29, 0.717) is 12.0 Å². The van der Waals surface area contributed by atoms with Crippen LogP contribution in [0, 0.1) is 0 Å². The van der Waals surface area contributed by atoms with E-state index in [-0.39, 0.29) is 6.61 Å². The smallest absolute Gasteiger partial charge is 0.119 e. The van der Waals surface area contributed by atoms with E-state index in [4.69, 9.17) is 4.74 Å². The maximum atomic E-state index is 9.29. The van der Waals surface area contributed by atoms with Gasteiger partial charge in [0.05, 0.1) is 19.4 Å². The number of nitrogens with one attached hydrogen (secondary N) is 1. The second-order valence-electron chi connectivity index (χ2n) is 8.01. The van der Waals surface area contributed by atoms with Crippen LogP contribution in [0.15, 0.2) is 41.3 Å². The first-order valence-corrected chi connectivity index (χ1v) is 11.5. The molecule has 3 aliphatic rings. The molecule has 1 fully saturated rings. The highest BCUT2D eigenvalue weighted by Crippen LogP contribution is 2.51. The van der Waals surface area contributed by atoms with Crippen LogP contribution in [-0.4, -0.2) is 50.3 Å². The molecule has 2 aromatic carbocycles. The van der Waals surface area contributed by atoms with Gasteiger partial charge in [-0.1, -0.05) is 18.2 Å². The van der Waals surface area contributed by atoms with Crippen molar-refractivity contribution in [2.75, 3.05) is 44.0 Å². The molecule has 0 spiro atoms. The van der Waals surface area contributed by atoms with Gasteiger partial charge in [-0.05, 0) is 71.7 Å². The number of anilines is 1. The molecule has 0 aromatic heterocycles. The summed E-state index contributed by atoms with van der Waals surface area (Å²) in [6.07, 6.45) is 6.26. The number of aliphatic hydroxyl groups excluding tert-OH is 1. The molecule has 3 aliphatic heterocycles. The Labute approximate surface area is 177 Å². The van der Waals surface area contributed by atoms with Crippen LogP contribution in [0.25, 0.3) is 17.2 Å². The molecule has 1 saturated heterocycles. The van der Waals surface area contributed by atoms with E-state index in [9.17, 15) is 5.11 Å². The van der Waals surface area contributed by atoms with Gasteiger partial charge < -0.3 is 20.1 Å². The van der Waals surface area contributed by atoms with Crippen LogP contribution in [0.3, 0.4) is 0 Å². The predicted molar refractivity (Wildman–Crippen MR) is 121 cm³/mol. The van der Waals surface area contributed by atoms with Crippen molar-refractivity contribution in [2.24, 2.45) is 0 Å². The Bertz CT molecular complexity index is 943. The van der Waals surface area contributed by atoms with E-state index in [2.05, 4.69) is 34.5 Å². The molecule has 2 N–H and O–H groups in total. The summed E-state index contributed by atoms with van der Waals surface area (Å²) in [4.78, 5) is 4.14. The van der Waals surface area contributed by atoms with Crippen molar-refractivity contribution in [3.8, 4) is 16.9 Å². The lowest BCUT2D eigenvalue weighted by molar-refractivity contribution is 0.343. The maximum Gasteiger partial charge on any atom is 0.119 e. The van der Waals surface area contributed by atoms with E-state index < -0.39 is 0 Å². The highest BCUT2D eigenvalue weighted by Gasteiger charge is 2.41. The Balaban J connectivity index is 1.66. The number of methoxy groups -OCH3 is 1. The second-order valence-corrected chi connectivity index (χ2v) is 9.15. The summed E-state index contributed by atoms with van der Waals surface area (Å²) in [6, 6.07) is 11.7. The third-order valence-electron chi connectivity index (χ3n) is 6.41. The number of hydrogen-bond donors (Lipinski definition) is 2. The Morgan fingerprint density at radius 3 is 3.10 bits per heavy atom. The summed E-state index contributed by atoms with van der Waals surface area (Å²) >= 11 is 2.01. The summed E-state index contributed by atoms with van der Waals surface area (Å²) in [5, 5.41) is 12.9. The molecule has 4 nitrogen and oxygen atoms in total. The number of ether oxygens (including phenoxy) is 1. The molecule has 152 valence electrons. The van der Waals surface area contributed by atoms with Crippen molar-refractivity contribution in [3.63, 3.8) is 0 Å². The largest absolute Gasteiger partial charge is 0.497 e. The number of fused-ring (bicyclic) bond motifs is 3. The molecular weight excluding hydrogens is 380 g/mol. The summed E-state index contributed by atoms with van der Waals surface area (Å²) in [5.74, 6) is 2.59. The molecule has 0 bridgehead atoms. The predicted octanol–water partition coefficient (Wildman–Crippen LogP) is 4.13. The van der Waals surface area contributed by atoms with Crippen molar-refractivity contribution in [3.05, 3.63) is 47.5 Å². The zero-order chi connectivity index (χ0) is 19.8. The van der Waals surface area contributed by atoms with Crippen LogP contribution in [0.2, 0.25) is 0 Å². The van der Waals surface area contributed by atoms with Crippen LogP contribution < -0.4 is 15.0 Å². The molecule has 0 saturated carbocycles. The summed E-state index contributed by atoms with van der Waals surface area (Å²) < 4.78 is 5.44. The van der Waals surface area contributed by atoms with Crippen molar-refractivity contribution < 1.29 is 9.84 Å². The monoisotopic (exact) mass is 408 g/mol. The van der Waals surface area contributed by atoms with Crippen molar-refractivity contribution in [2.45, 2.75) is 29.7 Å². The highest BCUT2D eigenvalue weighted by molar-refractivity contribution is 7.99. The molecule has 0 radical (unpaired) electrons.